The van der Waals surface area contributed by atoms with Gasteiger partial charge in [-0.15, -0.1) is 0 Å². The summed E-state index contributed by atoms with van der Waals surface area (Å²) in [7, 11) is 0. The minimum absolute atomic E-state index is 0.0239. The maximum absolute atomic E-state index is 6.00. The summed E-state index contributed by atoms with van der Waals surface area (Å²) in [4.78, 5) is 3.95. The molecule has 72 valence electrons. The van der Waals surface area contributed by atoms with Gasteiger partial charge in [-0.2, -0.15) is 0 Å². The van der Waals surface area contributed by atoms with Crippen LogP contribution in [0.3, 0.4) is 0 Å². The first-order chi connectivity index (χ1) is 6.86. The Hall–Kier alpha value is -1.61. The Bertz CT molecular complexity index is 369. The molecule has 2 aromatic heterocycles. The van der Waals surface area contributed by atoms with E-state index in [9.17, 15) is 0 Å². The van der Waals surface area contributed by atoms with Crippen molar-refractivity contribution in [2.75, 3.05) is 0 Å². The Morgan fingerprint density at radius 2 is 2.07 bits per heavy atom. The third-order valence-corrected chi connectivity index (χ3v) is 2.14. The third-order valence-electron chi connectivity index (χ3n) is 2.14. The maximum atomic E-state index is 6.00. The SMILES string of the molecule is NC(Cc1ccco1)c1ccncc1. The summed E-state index contributed by atoms with van der Waals surface area (Å²) in [6.07, 6.45) is 5.88. The van der Waals surface area contributed by atoms with Crippen LogP contribution in [0.15, 0.2) is 47.3 Å². The zero-order valence-corrected chi connectivity index (χ0v) is 7.76. The van der Waals surface area contributed by atoms with Gasteiger partial charge in [0.15, 0.2) is 0 Å². The van der Waals surface area contributed by atoms with E-state index in [4.69, 9.17) is 10.2 Å². The van der Waals surface area contributed by atoms with Crippen LogP contribution in [-0.2, 0) is 6.42 Å². The smallest absolute Gasteiger partial charge is 0.105 e. The van der Waals surface area contributed by atoms with Crippen LogP contribution in [0.25, 0.3) is 0 Å². The summed E-state index contributed by atoms with van der Waals surface area (Å²) in [5, 5.41) is 0. The molecule has 0 spiro atoms. The molecule has 2 aromatic rings. The van der Waals surface area contributed by atoms with Crippen molar-refractivity contribution in [1.29, 1.82) is 0 Å². The lowest BCUT2D eigenvalue weighted by Crippen LogP contribution is -2.12. The fraction of sp³-hybridized carbons (Fsp3) is 0.182. The monoisotopic (exact) mass is 188 g/mol. The van der Waals surface area contributed by atoms with Crippen molar-refractivity contribution in [3.8, 4) is 0 Å². The average molecular weight is 188 g/mol. The highest BCUT2D eigenvalue weighted by Crippen LogP contribution is 2.14. The molecule has 2 heterocycles. The number of pyridine rings is 1. The van der Waals surface area contributed by atoms with E-state index in [2.05, 4.69) is 4.98 Å². The zero-order chi connectivity index (χ0) is 9.80. The van der Waals surface area contributed by atoms with Crippen molar-refractivity contribution in [2.45, 2.75) is 12.5 Å². The van der Waals surface area contributed by atoms with E-state index >= 15 is 0 Å². The fourth-order valence-electron chi connectivity index (χ4n) is 1.37. The summed E-state index contributed by atoms with van der Waals surface area (Å²) < 4.78 is 5.23. The van der Waals surface area contributed by atoms with Crippen LogP contribution < -0.4 is 5.73 Å². The van der Waals surface area contributed by atoms with Crippen LogP contribution in [0.4, 0.5) is 0 Å². The van der Waals surface area contributed by atoms with Crippen LogP contribution in [0, 0.1) is 0 Å². The molecule has 0 fully saturated rings. The molecule has 3 heteroatoms. The lowest BCUT2D eigenvalue weighted by molar-refractivity contribution is 0.488. The highest BCUT2D eigenvalue weighted by atomic mass is 16.3. The number of aromatic nitrogens is 1. The van der Waals surface area contributed by atoms with Crippen molar-refractivity contribution in [1.82, 2.24) is 4.98 Å². The third kappa shape index (κ3) is 2.00. The first-order valence-corrected chi connectivity index (χ1v) is 4.54. The number of hydrogen-bond donors (Lipinski definition) is 1. The summed E-state index contributed by atoms with van der Waals surface area (Å²) in [6, 6.07) is 7.63. The average Bonchev–Trinajstić information content (AvgIpc) is 2.72. The second-order valence-electron chi connectivity index (χ2n) is 3.17. The predicted molar refractivity (Wildman–Crippen MR) is 53.6 cm³/mol. The fourth-order valence-corrected chi connectivity index (χ4v) is 1.37. The van der Waals surface area contributed by atoms with Gasteiger partial charge < -0.3 is 10.2 Å². The lowest BCUT2D eigenvalue weighted by atomic mass is 10.1. The standard InChI is InChI=1S/C11H12N2O/c12-11(8-10-2-1-7-14-10)9-3-5-13-6-4-9/h1-7,11H,8,12H2. The Morgan fingerprint density at radius 1 is 1.29 bits per heavy atom. The van der Waals surface area contributed by atoms with E-state index in [0.29, 0.717) is 0 Å². The molecule has 0 radical (unpaired) electrons. The molecule has 1 atom stereocenters. The lowest BCUT2D eigenvalue weighted by Gasteiger charge is -2.09. The van der Waals surface area contributed by atoms with E-state index in [0.717, 1.165) is 17.7 Å². The minimum atomic E-state index is -0.0239. The highest BCUT2D eigenvalue weighted by molar-refractivity contribution is 5.16. The normalized spacial score (nSPS) is 12.6. The molecule has 2 N–H and O–H groups in total. The van der Waals surface area contributed by atoms with E-state index in [1.807, 2.05) is 24.3 Å². The molecule has 14 heavy (non-hydrogen) atoms. The quantitative estimate of drug-likeness (QED) is 0.800. The van der Waals surface area contributed by atoms with Gasteiger partial charge in [0.2, 0.25) is 0 Å². The zero-order valence-electron chi connectivity index (χ0n) is 7.76. The minimum Gasteiger partial charge on any atom is -0.469 e. The largest absolute Gasteiger partial charge is 0.469 e. The highest BCUT2D eigenvalue weighted by Gasteiger charge is 2.07. The second kappa shape index (κ2) is 4.07. The van der Waals surface area contributed by atoms with Crippen molar-refractivity contribution in [3.05, 3.63) is 54.2 Å². The molecule has 0 bridgehead atoms. The molecule has 0 aromatic carbocycles. The summed E-state index contributed by atoms with van der Waals surface area (Å²) >= 11 is 0. The maximum Gasteiger partial charge on any atom is 0.105 e. The number of hydrogen-bond acceptors (Lipinski definition) is 3. The van der Waals surface area contributed by atoms with Crippen molar-refractivity contribution < 1.29 is 4.42 Å². The van der Waals surface area contributed by atoms with Gasteiger partial charge in [0.1, 0.15) is 5.76 Å². The Morgan fingerprint density at radius 3 is 2.71 bits per heavy atom. The van der Waals surface area contributed by atoms with Gasteiger partial charge in [-0.05, 0) is 29.8 Å². The van der Waals surface area contributed by atoms with Gasteiger partial charge in [-0.3, -0.25) is 4.98 Å². The molecule has 0 aliphatic heterocycles. The molecular formula is C11H12N2O. The molecular weight excluding hydrogens is 176 g/mol. The van der Waals surface area contributed by atoms with Gasteiger partial charge >= 0.3 is 0 Å². The van der Waals surface area contributed by atoms with Crippen molar-refractivity contribution >= 4 is 0 Å². The molecule has 0 saturated carbocycles. The van der Waals surface area contributed by atoms with E-state index < -0.39 is 0 Å². The number of nitrogens with zero attached hydrogens (tertiary/aromatic N) is 1. The number of nitrogens with two attached hydrogens (primary N) is 1. The van der Waals surface area contributed by atoms with Crippen molar-refractivity contribution in [3.63, 3.8) is 0 Å². The molecule has 0 aliphatic carbocycles. The molecule has 0 saturated heterocycles. The van der Waals surface area contributed by atoms with Gasteiger partial charge in [0, 0.05) is 24.9 Å². The Labute approximate surface area is 82.6 Å². The Kier molecular flexibility index (Phi) is 2.60. The van der Waals surface area contributed by atoms with Crippen LogP contribution in [0.1, 0.15) is 17.4 Å². The topological polar surface area (TPSA) is 52.0 Å². The van der Waals surface area contributed by atoms with E-state index in [1.54, 1.807) is 18.7 Å². The van der Waals surface area contributed by atoms with Crippen LogP contribution in [0.5, 0.6) is 0 Å². The van der Waals surface area contributed by atoms with E-state index in [-0.39, 0.29) is 6.04 Å². The number of rotatable bonds is 3. The molecule has 2 rings (SSSR count). The van der Waals surface area contributed by atoms with Gasteiger partial charge in [0.05, 0.1) is 6.26 Å². The second-order valence-corrected chi connectivity index (χ2v) is 3.17. The predicted octanol–water partition coefficient (Wildman–Crippen LogP) is 1.92. The first-order valence-electron chi connectivity index (χ1n) is 4.54. The molecule has 3 nitrogen and oxygen atoms in total. The van der Waals surface area contributed by atoms with Gasteiger partial charge in [-0.25, -0.2) is 0 Å². The van der Waals surface area contributed by atoms with Crippen molar-refractivity contribution in [2.24, 2.45) is 5.73 Å². The number of furan rings is 1. The summed E-state index contributed by atoms with van der Waals surface area (Å²) in [6.45, 7) is 0. The Balaban J connectivity index is 2.07. The van der Waals surface area contributed by atoms with Gasteiger partial charge in [0.25, 0.3) is 0 Å². The molecule has 0 amide bonds. The summed E-state index contributed by atoms with van der Waals surface area (Å²) in [5.74, 6) is 0.911. The summed E-state index contributed by atoms with van der Waals surface area (Å²) in [5.41, 5.74) is 7.08. The molecule has 1 unspecified atom stereocenters. The van der Waals surface area contributed by atoms with Gasteiger partial charge in [-0.1, -0.05) is 0 Å². The first kappa shape index (κ1) is 8.97. The van der Waals surface area contributed by atoms with Crippen LogP contribution >= 0.6 is 0 Å². The molecule has 0 aliphatic rings. The van der Waals surface area contributed by atoms with Crippen LogP contribution in [-0.4, -0.2) is 4.98 Å². The van der Waals surface area contributed by atoms with Crippen LogP contribution in [0.2, 0.25) is 0 Å². The van der Waals surface area contributed by atoms with E-state index in [1.165, 1.54) is 0 Å².